The van der Waals surface area contributed by atoms with Crippen LogP contribution in [0.2, 0.25) is 5.02 Å². The number of amides is 1. The van der Waals surface area contributed by atoms with Gasteiger partial charge in [-0.25, -0.2) is 9.37 Å². The standard InChI is InChI=1S/C22H20ClFN2O3S/c23-16-5-9-18(10-6-16)29-13-21(27)26(12-19-2-1-11-28-19)22-25-20(14-30-22)15-3-7-17(24)8-4-15/h3-10,14,19H,1-2,11-13H2/t19-/m1/s1. The molecule has 0 saturated carbocycles. The number of ether oxygens (including phenoxy) is 2. The largest absolute Gasteiger partial charge is 0.484 e. The first-order valence-electron chi connectivity index (χ1n) is 9.60. The van der Waals surface area contributed by atoms with Gasteiger partial charge >= 0.3 is 0 Å². The van der Waals surface area contributed by atoms with Gasteiger partial charge < -0.3 is 9.47 Å². The molecule has 2 aromatic carbocycles. The molecule has 0 aliphatic carbocycles. The Morgan fingerprint density at radius 2 is 2.00 bits per heavy atom. The second-order valence-electron chi connectivity index (χ2n) is 6.90. The van der Waals surface area contributed by atoms with Gasteiger partial charge in [-0.1, -0.05) is 11.6 Å². The average Bonchev–Trinajstić information content (AvgIpc) is 3.44. The van der Waals surface area contributed by atoms with Gasteiger partial charge in [-0.3, -0.25) is 9.69 Å². The molecule has 8 heteroatoms. The lowest BCUT2D eigenvalue weighted by Crippen LogP contribution is -2.40. The maximum Gasteiger partial charge on any atom is 0.266 e. The molecular weight excluding hydrogens is 427 g/mol. The Kier molecular flexibility index (Phi) is 6.62. The van der Waals surface area contributed by atoms with E-state index in [1.807, 2.05) is 5.38 Å². The van der Waals surface area contributed by atoms with E-state index in [1.165, 1.54) is 23.5 Å². The number of halogens is 2. The number of benzene rings is 2. The molecule has 1 amide bonds. The molecule has 30 heavy (non-hydrogen) atoms. The molecule has 0 radical (unpaired) electrons. The van der Waals surface area contributed by atoms with E-state index < -0.39 is 0 Å². The zero-order valence-electron chi connectivity index (χ0n) is 16.1. The summed E-state index contributed by atoms with van der Waals surface area (Å²) < 4.78 is 24.6. The molecular formula is C22H20ClFN2O3S. The molecule has 1 atom stereocenters. The Bertz CT molecular complexity index is 988. The van der Waals surface area contributed by atoms with Gasteiger partial charge in [0.05, 0.1) is 18.3 Å². The summed E-state index contributed by atoms with van der Waals surface area (Å²) in [5, 5.41) is 3.03. The number of nitrogens with zero attached hydrogens (tertiary/aromatic N) is 2. The molecule has 1 saturated heterocycles. The molecule has 0 unspecified atom stereocenters. The van der Waals surface area contributed by atoms with Crippen molar-refractivity contribution >= 4 is 34.0 Å². The van der Waals surface area contributed by atoms with E-state index in [0.29, 0.717) is 34.7 Å². The highest BCUT2D eigenvalue weighted by molar-refractivity contribution is 7.14. The van der Waals surface area contributed by atoms with Crippen LogP contribution in [0.25, 0.3) is 11.3 Å². The third kappa shape index (κ3) is 5.16. The quantitative estimate of drug-likeness (QED) is 0.501. The number of aromatic nitrogens is 1. The van der Waals surface area contributed by atoms with Gasteiger partial charge in [0.1, 0.15) is 11.6 Å². The second-order valence-corrected chi connectivity index (χ2v) is 8.18. The van der Waals surface area contributed by atoms with E-state index in [0.717, 1.165) is 18.4 Å². The van der Waals surface area contributed by atoms with Gasteiger partial charge in [-0.2, -0.15) is 0 Å². The molecule has 1 aromatic heterocycles. The average molecular weight is 447 g/mol. The van der Waals surface area contributed by atoms with Gasteiger partial charge in [0, 0.05) is 22.6 Å². The number of carbonyl (C=O) groups excluding carboxylic acids is 1. The van der Waals surface area contributed by atoms with Gasteiger partial charge in [-0.05, 0) is 61.4 Å². The van der Waals surface area contributed by atoms with Crippen molar-refractivity contribution in [3.8, 4) is 17.0 Å². The minimum atomic E-state index is -0.302. The highest BCUT2D eigenvalue weighted by Crippen LogP contribution is 2.29. The van der Waals surface area contributed by atoms with E-state index in [2.05, 4.69) is 4.98 Å². The van der Waals surface area contributed by atoms with Crippen molar-refractivity contribution in [1.82, 2.24) is 4.98 Å². The molecule has 2 heterocycles. The Morgan fingerprint density at radius 3 is 2.70 bits per heavy atom. The number of rotatable bonds is 7. The number of thiazole rings is 1. The van der Waals surface area contributed by atoms with Crippen molar-refractivity contribution < 1.29 is 18.7 Å². The van der Waals surface area contributed by atoms with Gasteiger partial charge in [-0.15, -0.1) is 11.3 Å². The Labute approximate surface area is 183 Å². The van der Waals surface area contributed by atoms with Crippen molar-refractivity contribution in [2.75, 3.05) is 24.7 Å². The number of hydrogen-bond donors (Lipinski definition) is 0. The Morgan fingerprint density at radius 1 is 1.23 bits per heavy atom. The van der Waals surface area contributed by atoms with Gasteiger partial charge in [0.2, 0.25) is 0 Å². The maximum absolute atomic E-state index is 13.2. The number of carbonyl (C=O) groups is 1. The van der Waals surface area contributed by atoms with Crippen LogP contribution >= 0.6 is 22.9 Å². The van der Waals surface area contributed by atoms with Crippen LogP contribution in [-0.2, 0) is 9.53 Å². The third-order valence-corrected chi connectivity index (χ3v) is 5.87. The molecule has 0 bridgehead atoms. The molecule has 1 aliphatic heterocycles. The zero-order valence-corrected chi connectivity index (χ0v) is 17.7. The minimum Gasteiger partial charge on any atom is -0.484 e. The van der Waals surface area contributed by atoms with Crippen LogP contribution in [0.4, 0.5) is 9.52 Å². The highest BCUT2D eigenvalue weighted by Gasteiger charge is 2.26. The summed E-state index contributed by atoms with van der Waals surface area (Å²) in [6, 6.07) is 13.0. The van der Waals surface area contributed by atoms with Crippen LogP contribution in [0.15, 0.2) is 53.9 Å². The van der Waals surface area contributed by atoms with Gasteiger partial charge in [0.25, 0.3) is 5.91 Å². The van der Waals surface area contributed by atoms with Crippen LogP contribution in [0.5, 0.6) is 5.75 Å². The fourth-order valence-electron chi connectivity index (χ4n) is 3.17. The molecule has 4 rings (SSSR count). The molecule has 1 fully saturated rings. The zero-order chi connectivity index (χ0) is 20.9. The smallest absolute Gasteiger partial charge is 0.266 e. The summed E-state index contributed by atoms with van der Waals surface area (Å²) in [7, 11) is 0. The molecule has 1 aliphatic rings. The summed E-state index contributed by atoms with van der Waals surface area (Å²) in [5.74, 6) is 0.0557. The Hall–Kier alpha value is -2.48. The molecule has 156 valence electrons. The van der Waals surface area contributed by atoms with E-state index >= 15 is 0 Å². The normalized spacial score (nSPS) is 15.9. The van der Waals surface area contributed by atoms with Crippen molar-refractivity contribution in [2.24, 2.45) is 0 Å². The monoisotopic (exact) mass is 446 g/mol. The van der Waals surface area contributed by atoms with E-state index in [9.17, 15) is 9.18 Å². The maximum atomic E-state index is 13.2. The predicted octanol–water partition coefficient (Wildman–Crippen LogP) is 5.19. The van der Waals surface area contributed by atoms with E-state index in [-0.39, 0.29) is 24.4 Å². The molecule has 3 aromatic rings. The highest BCUT2D eigenvalue weighted by atomic mass is 35.5. The van der Waals surface area contributed by atoms with Crippen molar-refractivity contribution in [2.45, 2.75) is 18.9 Å². The van der Waals surface area contributed by atoms with Crippen LogP contribution < -0.4 is 9.64 Å². The predicted molar refractivity (Wildman–Crippen MR) is 116 cm³/mol. The van der Waals surface area contributed by atoms with Crippen molar-refractivity contribution in [1.29, 1.82) is 0 Å². The minimum absolute atomic E-state index is 0.0253. The Balaban J connectivity index is 1.51. The molecule has 5 nitrogen and oxygen atoms in total. The molecule has 0 N–H and O–H groups in total. The first-order valence-corrected chi connectivity index (χ1v) is 10.9. The fourth-order valence-corrected chi connectivity index (χ4v) is 4.16. The fraction of sp³-hybridized carbons (Fsp3) is 0.273. The first-order chi connectivity index (χ1) is 14.6. The van der Waals surface area contributed by atoms with Crippen LogP contribution in [-0.4, -0.2) is 36.8 Å². The lowest BCUT2D eigenvalue weighted by atomic mass is 10.2. The van der Waals surface area contributed by atoms with Crippen LogP contribution in [0.3, 0.4) is 0 Å². The third-order valence-electron chi connectivity index (χ3n) is 4.75. The number of anilines is 1. The van der Waals surface area contributed by atoms with Crippen molar-refractivity contribution in [3.63, 3.8) is 0 Å². The second kappa shape index (κ2) is 9.55. The van der Waals surface area contributed by atoms with Crippen LogP contribution in [0, 0.1) is 5.82 Å². The lowest BCUT2D eigenvalue weighted by molar-refractivity contribution is -0.120. The summed E-state index contributed by atoms with van der Waals surface area (Å²) in [5.41, 5.74) is 1.49. The summed E-state index contributed by atoms with van der Waals surface area (Å²) in [6.07, 6.45) is 1.85. The van der Waals surface area contributed by atoms with E-state index in [1.54, 1.807) is 41.3 Å². The van der Waals surface area contributed by atoms with Gasteiger partial charge in [0.15, 0.2) is 11.7 Å². The molecule has 0 spiro atoms. The summed E-state index contributed by atoms with van der Waals surface area (Å²) in [4.78, 5) is 19.2. The lowest BCUT2D eigenvalue weighted by Gasteiger charge is -2.23. The first kappa shape index (κ1) is 20.8. The summed E-state index contributed by atoms with van der Waals surface area (Å²) >= 11 is 7.25. The SMILES string of the molecule is O=C(COc1ccc(Cl)cc1)N(C[C@H]1CCCO1)c1nc(-c2ccc(F)cc2)cs1. The van der Waals surface area contributed by atoms with Crippen molar-refractivity contribution in [3.05, 3.63) is 64.8 Å². The van der Waals surface area contributed by atoms with E-state index in [4.69, 9.17) is 21.1 Å². The van der Waals surface area contributed by atoms with Crippen LogP contribution in [0.1, 0.15) is 12.8 Å². The topological polar surface area (TPSA) is 51.7 Å². The number of hydrogen-bond acceptors (Lipinski definition) is 5. The summed E-state index contributed by atoms with van der Waals surface area (Å²) in [6.45, 7) is 0.992.